The number of rotatable bonds is 5. The standard InChI is InChI=1S/C9H20N/c1-5-7-9(3)10(4)8-6-2/h5-8H2,1-4H3. The van der Waals surface area contributed by atoms with Crippen LogP contribution in [0, 0.1) is 6.04 Å². The summed E-state index contributed by atoms with van der Waals surface area (Å²) in [5.41, 5.74) is 0. The summed E-state index contributed by atoms with van der Waals surface area (Å²) in [6.45, 7) is 7.87. The van der Waals surface area contributed by atoms with Crippen molar-refractivity contribution in [3.8, 4) is 0 Å². The number of hydrogen-bond acceptors (Lipinski definition) is 1. The lowest BCUT2D eigenvalue weighted by atomic mass is 10.2. The van der Waals surface area contributed by atoms with Crippen LogP contribution in [0.15, 0.2) is 0 Å². The van der Waals surface area contributed by atoms with Crippen molar-refractivity contribution < 1.29 is 0 Å². The summed E-state index contributed by atoms with van der Waals surface area (Å²) in [4.78, 5) is 2.35. The van der Waals surface area contributed by atoms with Gasteiger partial charge in [-0.1, -0.05) is 20.3 Å². The monoisotopic (exact) mass is 142 g/mol. The van der Waals surface area contributed by atoms with Crippen LogP contribution in [0.1, 0.15) is 40.0 Å². The van der Waals surface area contributed by atoms with Crippen LogP contribution in [0.4, 0.5) is 0 Å². The van der Waals surface area contributed by atoms with Gasteiger partial charge in [0.25, 0.3) is 0 Å². The third kappa shape index (κ3) is 3.89. The molecule has 1 radical (unpaired) electrons. The predicted octanol–water partition coefficient (Wildman–Crippen LogP) is 2.68. The molecule has 0 aromatic carbocycles. The van der Waals surface area contributed by atoms with Crippen molar-refractivity contribution >= 4 is 0 Å². The summed E-state index contributed by atoms with van der Waals surface area (Å²) in [5, 5.41) is 0. The summed E-state index contributed by atoms with van der Waals surface area (Å²) in [5.74, 6) is 0. The molecule has 1 heteroatoms. The van der Waals surface area contributed by atoms with E-state index in [9.17, 15) is 0 Å². The van der Waals surface area contributed by atoms with E-state index in [4.69, 9.17) is 0 Å². The predicted molar refractivity (Wildman–Crippen MR) is 46.7 cm³/mol. The molecule has 0 atom stereocenters. The summed E-state index contributed by atoms with van der Waals surface area (Å²) < 4.78 is 0. The van der Waals surface area contributed by atoms with E-state index in [1.807, 2.05) is 0 Å². The summed E-state index contributed by atoms with van der Waals surface area (Å²) >= 11 is 0. The Hall–Kier alpha value is -0.0400. The molecule has 0 unspecified atom stereocenters. The third-order valence-corrected chi connectivity index (χ3v) is 1.82. The van der Waals surface area contributed by atoms with Crippen molar-refractivity contribution in [2.45, 2.75) is 40.0 Å². The van der Waals surface area contributed by atoms with Gasteiger partial charge >= 0.3 is 0 Å². The zero-order valence-electron chi connectivity index (χ0n) is 7.78. The fourth-order valence-corrected chi connectivity index (χ4v) is 1.08. The highest BCUT2D eigenvalue weighted by Gasteiger charge is 2.05. The minimum absolute atomic E-state index is 1.20. The van der Waals surface area contributed by atoms with Crippen LogP contribution in [0.5, 0.6) is 0 Å². The van der Waals surface area contributed by atoms with E-state index in [1.54, 1.807) is 0 Å². The first kappa shape index (κ1) is 9.96. The maximum atomic E-state index is 2.35. The molecule has 0 aliphatic rings. The van der Waals surface area contributed by atoms with E-state index in [0.29, 0.717) is 0 Å². The molecule has 0 amide bonds. The molecule has 61 valence electrons. The molecule has 0 spiro atoms. The Kier molecular flexibility index (Phi) is 5.70. The zero-order valence-corrected chi connectivity index (χ0v) is 7.78. The topological polar surface area (TPSA) is 3.24 Å². The summed E-state index contributed by atoms with van der Waals surface area (Å²) in [7, 11) is 2.18. The van der Waals surface area contributed by atoms with E-state index >= 15 is 0 Å². The second-order valence-electron chi connectivity index (χ2n) is 2.91. The first-order valence-corrected chi connectivity index (χ1v) is 4.25. The molecule has 0 rings (SSSR count). The quantitative estimate of drug-likeness (QED) is 0.570. The van der Waals surface area contributed by atoms with Gasteiger partial charge in [-0.3, -0.25) is 4.90 Å². The molecule has 0 aromatic heterocycles. The lowest BCUT2D eigenvalue weighted by Gasteiger charge is -2.22. The summed E-state index contributed by atoms with van der Waals surface area (Å²) in [6.07, 6.45) is 3.76. The number of hydrogen-bond donors (Lipinski definition) is 0. The van der Waals surface area contributed by atoms with Gasteiger partial charge in [-0.15, -0.1) is 0 Å². The first-order valence-electron chi connectivity index (χ1n) is 4.25. The van der Waals surface area contributed by atoms with Crippen molar-refractivity contribution in [3.05, 3.63) is 6.04 Å². The van der Waals surface area contributed by atoms with Gasteiger partial charge in [-0.25, -0.2) is 0 Å². The normalized spacial score (nSPS) is 11.4. The average molecular weight is 142 g/mol. The van der Waals surface area contributed by atoms with Gasteiger partial charge < -0.3 is 0 Å². The maximum absolute atomic E-state index is 2.35. The van der Waals surface area contributed by atoms with Crippen molar-refractivity contribution in [1.82, 2.24) is 4.90 Å². The smallest absolute Gasteiger partial charge is 0.0359 e. The minimum Gasteiger partial charge on any atom is -0.299 e. The molecule has 0 aliphatic carbocycles. The molecule has 1 nitrogen and oxygen atoms in total. The lowest BCUT2D eigenvalue weighted by Crippen LogP contribution is -2.22. The van der Waals surface area contributed by atoms with Gasteiger partial charge in [0.15, 0.2) is 0 Å². The SMILES string of the molecule is CCC[C](C)N(C)CCC. The molecular weight excluding hydrogens is 122 g/mol. The Labute approximate surface area is 65.4 Å². The highest BCUT2D eigenvalue weighted by Crippen LogP contribution is 2.11. The van der Waals surface area contributed by atoms with Gasteiger partial charge in [-0.05, 0) is 33.4 Å². The largest absolute Gasteiger partial charge is 0.299 e. The molecule has 0 heterocycles. The van der Waals surface area contributed by atoms with Gasteiger partial charge in [0.05, 0.1) is 0 Å². The molecule has 0 N–H and O–H groups in total. The van der Waals surface area contributed by atoms with Gasteiger partial charge in [0.2, 0.25) is 0 Å². The van der Waals surface area contributed by atoms with Crippen LogP contribution in [0.25, 0.3) is 0 Å². The Morgan fingerprint density at radius 3 is 2.20 bits per heavy atom. The van der Waals surface area contributed by atoms with E-state index in [0.717, 1.165) is 0 Å². The van der Waals surface area contributed by atoms with Crippen LogP contribution in [0.3, 0.4) is 0 Å². The molecular formula is C9H20N. The van der Waals surface area contributed by atoms with E-state index in [-0.39, 0.29) is 0 Å². The number of nitrogens with zero attached hydrogens (tertiary/aromatic N) is 1. The molecule has 0 bridgehead atoms. The van der Waals surface area contributed by atoms with Gasteiger partial charge in [0, 0.05) is 6.04 Å². The lowest BCUT2D eigenvalue weighted by molar-refractivity contribution is 0.333. The Bertz CT molecular complexity index is 61.1. The first-order chi connectivity index (χ1) is 4.72. The molecule has 0 fully saturated rings. The molecule has 0 saturated heterocycles. The molecule has 0 saturated carbocycles. The third-order valence-electron chi connectivity index (χ3n) is 1.82. The van der Waals surface area contributed by atoms with Crippen molar-refractivity contribution in [1.29, 1.82) is 0 Å². The van der Waals surface area contributed by atoms with Gasteiger partial charge in [-0.2, -0.15) is 0 Å². The van der Waals surface area contributed by atoms with Crippen LogP contribution in [0.2, 0.25) is 0 Å². The molecule has 0 aromatic rings. The second kappa shape index (κ2) is 5.72. The van der Waals surface area contributed by atoms with Crippen LogP contribution in [-0.2, 0) is 0 Å². The fraction of sp³-hybridized carbons (Fsp3) is 0.889. The Morgan fingerprint density at radius 1 is 1.20 bits per heavy atom. The van der Waals surface area contributed by atoms with Crippen molar-refractivity contribution in [3.63, 3.8) is 0 Å². The van der Waals surface area contributed by atoms with Crippen LogP contribution < -0.4 is 0 Å². The fourth-order valence-electron chi connectivity index (χ4n) is 1.08. The molecule has 10 heavy (non-hydrogen) atoms. The van der Waals surface area contributed by atoms with Gasteiger partial charge in [0.1, 0.15) is 0 Å². The summed E-state index contributed by atoms with van der Waals surface area (Å²) in [6, 6.07) is 1.52. The second-order valence-corrected chi connectivity index (χ2v) is 2.91. The van der Waals surface area contributed by atoms with Crippen molar-refractivity contribution in [2.75, 3.05) is 13.6 Å². The van der Waals surface area contributed by atoms with E-state index in [1.165, 1.54) is 31.8 Å². The zero-order chi connectivity index (χ0) is 7.98. The highest BCUT2D eigenvalue weighted by molar-refractivity contribution is 4.80. The van der Waals surface area contributed by atoms with Crippen LogP contribution >= 0.6 is 0 Å². The van der Waals surface area contributed by atoms with Crippen LogP contribution in [-0.4, -0.2) is 18.5 Å². The maximum Gasteiger partial charge on any atom is 0.0359 e. The molecule has 0 aliphatic heterocycles. The Balaban J connectivity index is 3.38. The Morgan fingerprint density at radius 2 is 1.80 bits per heavy atom. The van der Waals surface area contributed by atoms with Crippen molar-refractivity contribution in [2.24, 2.45) is 0 Å². The van der Waals surface area contributed by atoms with E-state index < -0.39 is 0 Å². The van der Waals surface area contributed by atoms with E-state index in [2.05, 4.69) is 32.7 Å². The highest BCUT2D eigenvalue weighted by atomic mass is 15.1. The average Bonchev–Trinajstić information content (AvgIpc) is 1.89. The minimum atomic E-state index is 1.20.